The quantitative estimate of drug-likeness (QED) is 0.776. The molecule has 3 rings (SSSR count). The minimum absolute atomic E-state index is 0.0711. The van der Waals surface area contributed by atoms with Crippen molar-refractivity contribution in [3.8, 4) is 0 Å². The molecule has 0 radical (unpaired) electrons. The molecule has 0 spiro atoms. The van der Waals surface area contributed by atoms with Crippen LogP contribution in [-0.4, -0.2) is 9.97 Å². The zero-order chi connectivity index (χ0) is 12.5. The summed E-state index contributed by atoms with van der Waals surface area (Å²) in [5, 5.41) is 5.58. The minimum atomic E-state index is -0.290. The summed E-state index contributed by atoms with van der Waals surface area (Å²) in [7, 11) is 0. The highest BCUT2D eigenvalue weighted by Gasteiger charge is 2.05. The maximum Gasteiger partial charge on any atom is 0.304 e. The fourth-order valence-corrected chi connectivity index (χ4v) is 2.97. The first-order chi connectivity index (χ1) is 8.70. The number of nitrogens with one attached hydrogen (secondary N) is 2. The monoisotopic (exact) mass is 281 g/mol. The lowest BCUT2D eigenvalue weighted by molar-refractivity contribution is 0.629. The van der Waals surface area contributed by atoms with Crippen molar-refractivity contribution in [3.05, 3.63) is 44.8 Å². The van der Waals surface area contributed by atoms with Crippen molar-refractivity contribution < 1.29 is 4.39 Å². The highest BCUT2D eigenvalue weighted by atomic mass is 32.1. The maximum atomic E-state index is 13.0. The molecule has 2 aromatic heterocycles. The number of halogens is 1. The molecule has 1 aromatic carbocycles. The van der Waals surface area contributed by atoms with Crippen molar-refractivity contribution in [1.82, 2.24) is 9.97 Å². The summed E-state index contributed by atoms with van der Waals surface area (Å²) in [5.41, 5.74) is 1.46. The first-order valence-corrected chi connectivity index (χ1v) is 6.87. The molecule has 4 nitrogen and oxygen atoms in total. The molecule has 7 heteroatoms. The molecule has 3 aromatic rings. The van der Waals surface area contributed by atoms with Gasteiger partial charge in [-0.1, -0.05) is 22.7 Å². The summed E-state index contributed by atoms with van der Waals surface area (Å²) in [4.78, 5) is 17.9. The molecule has 0 atom stereocenters. The zero-order valence-electron chi connectivity index (χ0n) is 9.07. The fraction of sp³-hybridized carbons (Fsp3) is 0.0909. The van der Waals surface area contributed by atoms with Crippen molar-refractivity contribution in [2.75, 3.05) is 5.32 Å². The van der Waals surface area contributed by atoms with Gasteiger partial charge in [-0.25, -0.2) is 9.37 Å². The summed E-state index contributed by atoms with van der Waals surface area (Å²) in [6.45, 7) is 0.501. The summed E-state index contributed by atoms with van der Waals surface area (Å²) >= 11 is 2.58. The molecule has 2 heterocycles. The van der Waals surface area contributed by atoms with Crippen LogP contribution in [0.1, 0.15) is 5.69 Å². The normalized spacial score (nSPS) is 10.9. The highest BCUT2D eigenvalue weighted by molar-refractivity contribution is 7.22. The Morgan fingerprint density at radius 1 is 1.44 bits per heavy atom. The van der Waals surface area contributed by atoms with Crippen molar-refractivity contribution in [2.45, 2.75) is 6.54 Å². The van der Waals surface area contributed by atoms with E-state index in [1.165, 1.54) is 23.5 Å². The van der Waals surface area contributed by atoms with E-state index in [1.54, 1.807) is 11.4 Å². The van der Waals surface area contributed by atoms with Crippen molar-refractivity contribution in [3.63, 3.8) is 0 Å². The van der Waals surface area contributed by atoms with Crippen LogP contribution in [-0.2, 0) is 6.54 Å². The van der Waals surface area contributed by atoms with Gasteiger partial charge in [0, 0.05) is 17.1 Å². The van der Waals surface area contributed by atoms with E-state index >= 15 is 0 Å². The van der Waals surface area contributed by atoms with Crippen LogP contribution in [0.25, 0.3) is 10.2 Å². The SMILES string of the molecule is O=c1[nH]c(CNc2nc3cc(F)ccc3s2)cs1. The van der Waals surface area contributed by atoms with E-state index < -0.39 is 0 Å². The minimum Gasteiger partial charge on any atom is -0.356 e. The van der Waals surface area contributed by atoms with Gasteiger partial charge in [0.25, 0.3) is 0 Å². The van der Waals surface area contributed by atoms with Crippen molar-refractivity contribution in [2.24, 2.45) is 0 Å². The van der Waals surface area contributed by atoms with Gasteiger partial charge in [-0.15, -0.1) is 0 Å². The first-order valence-electron chi connectivity index (χ1n) is 5.17. The second-order valence-electron chi connectivity index (χ2n) is 3.66. The highest BCUT2D eigenvalue weighted by Crippen LogP contribution is 2.26. The van der Waals surface area contributed by atoms with E-state index in [0.29, 0.717) is 17.2 Å². The number of fused-ring (bicyclic) bond motifs is 1. The van der Waals surface area contributed by atoms with E-state index in [-0.39, 0.29) is 10.7 Å². The lowest BCUT2D eigenvalue weighted by Crippen LogP contribution is -2.02. The van der Waals surface area contributed by atoms with Gasteiger partial charge in [-0.05, 0) is 12.1 Å². The van der Waals surface area contributed by atoms with Gasteiger partial charge in [0.05, 0.1) is 16.8 Å². The number of thiazole rings is 2. The molecule has 0 aliphatic rings. The Morgan fingerprint density at radius 2 is 2.33 bits per heavy atom. The van der Waals surface area contributed by atoms with Gasteiger partial charge < -0.3 is 10.3 Å². The van der Waals surface area contributed by atoms with Crippen LogP contribution in [0.2, 0.25) is 0 Å². The summed E-state index contributed by atoms with van der Waals surface area (Å²) in [6.07, 6.45) is 0. The lowest BCUT2D eigenvalue weighted by atomic mass is 10.3. The Labute approximate surface area is 109 Å². The average Bonchev–Trinajstić information content (AvgIpc) is 2.92. The van der Waals surface area contributed by atoms with Crippen LogP contribution in [0.15, 0.2) is 28.4 Å². The fourth-order valence-electron chi connectivity index (χ4n) is 1.55. The van der Waals surface area contributed by atoms with Crippen LogP contribution in [0.5, 0.6) is 0 Å². The second-order valence-corrected chi connectivity index (χ2v) is 5.53. The standard InChI is InChI=1S/C11H8FN3OS2/c12-6-1-2-9-8(3-6)15-10(18-9)13-4-7-5-17-11(16)14-7/h1-3,5H,4H2,(H,13,15)(H,14,16). The number of aromatic amines is 1. The van der Waals surface area contributed by atoms with Crippen molar-refractivity contribution >= 4 is 38.0 Å². The van der Waals surface area contributed by atoms with E-state index in [1.807, 2.05) is 0 Å². The number of benzene rings is 1. The molecule has 0 aliphatic heterocycles. The van der Waals surface area contributed by atoms with Gasteiger partial charge in [0.1, 0.15) is 5.82 Å². The third-order valence-electron chi connectivity index (χ3n) is 2.35. The molecule has 92 valence electrons. The van der Waals surface area contributed by atoms with Crippen LogP contribution in [0, 0.1) is 5.82 Å². The maximum absolute atomic E-state index is 13.0. The molecule has 0 saturated carbocycles. The molecule has 0 bridgehead atoms. The number of nitrogens with zero attached hydrogens (tertiary/aromatic N) is 1. The number of aromatic nitrogens is 2. The lowest BCUT2D eigenvalue weighted by Gasteiger charge is -1.97. The summed E-state index contributed by atoms with van der Waals surface area (Å²) in [5.74, 6) is -0.290. The van der Waals surface area contributed by atoms with E-state index in [2.05, 4.69) is 15.3 Å². The van der Waals surface area contributed by atoms with E-state index in [0.717, 1.165) is 21.7 Å². The second kappa shape index (κ2) is 4.51. The third-order valence-corrected chi connectivity index (χ3v) is 4.06. The largest absolute Gasteiger partial charge is 0.356 e. The van der Waals surface area contributed by atoms with Crippen LogP contribution < -0.4 is 10.2 Å². The Hall–Kier alpha value is -1.73. The van der Waals surface area contributed by atoms with Crippen LogP contribution in [0.4, 0.5) is 9.52 Å². The molecule has 0 saturated heterocycles. The molecule has 0 amide bonds. The van der Waals surface area contributed by atoms with E-state index in [4.69, 9.17) is 0 Å². The van der Waals surface area contributed by atoms with Crippen LogP contribution in [0.3, 0.4) is 0 Å². The summed E-state index contributed by atoms with van der Waals surface area (Å²) < 4.78 is 13.9. The Bertz CT molecular complexity index is 746. The Morgan fingerprint density at radius 3 is 3.11 bits per heavy atom. The van der Waals surface area contributed by atoms with Gasteiger partial charge in [-0.2, -0.15) is 0 Å². The third kappa shape index (κ3) is 2.27. The zero-order valence-corrected chi connectivity index (χ0v) is 10.7. The number of rotatable bonds is 3. The molecular weight excluding hydrogens is 273 g/mol. The van der Waals surface area contributed by atoms with Gasteiger partial charge in [-0.3, -0.25) is 4.79 Å². The molecule has 0 aliphatic carbocycles. The number of hydrogen-bond donors (Lipinski definition) is 2. The molecule has 0 unspecified atom stereocenters. The predicted octanol–water partition coefficient (Wildman–Crippen LogP) is 2.80. The Balaban J connectivity index is 1.80. The number of anilines is 1. The van der Waals surface area contributed by atoms with Gasteiger partial charge in [0.2, 0.25) is 0 Å². The predicted molar refractivity (Wildman–Crippen MR) is 71.8 cm³/mol. The molecule has 0 fully saturated rings. The van der Waals surface area contributed by atoms with Crippen LogP contribution >= 0.6 is 22.7 Å². The van der Waals surface area contributed by atoms with E-state index in [9.17, 15) is 9.18 Å². The Kier molecular flexibility index (Phi) is 2.85. The first kappa shape index (κ1) is 11.4. The molecular formula is C11H8FN3OS2. The average molecular weight is 281 g/mol. The van der Waals surface area contributed by atoms with Gasteiger partial charge in [0.15, 0.2) is 5.13 Å². The number of H-pyrrole nitrogens is 1. The van der Waals surface area contributed by atoms with Gasteiger partial charge >= 0.3 is 4.87 Å². The molecule has 18 heavy (non-hydrogen) atoms. The number of hydrogen-bond acceptors (Lipinski definition) is 5. The topological polar surface area (TPSA) is 57.8 Å². The smallest absolute Gasteiger partial charge is 0.304 e. The molecule has 2 N–H and O–H groups in total. The summed E-state index contributed by atoms with van der Waals surface area (Å²) in [6, 6.07) is 4.53. The van der Waals surface area contributed by atoms with Crippen molar-refractivity contribution in [1.29, 1.82) is 0 Å².